The van der Waals surface area contributed by atoms with Crippen LogP contribution in [-0.4, -0.2) is 64.1 Å². The molecule has 5 atom stereocenters. The molecule has 132 valence electrons. The Kier molecular flexibility index (Phi) is 3.69. The smallest absolute Gasteiger partial charge is 0.115 e. The lowest BCUT2D eigenvalue weighted by molar-refractivity contribution is -0.185. The summed E-state index contributed by atoms with van der Waals surface area (Å²) in [5, 5.41) is 36.1. The van der Waals surface area contributed by atoms with Gasteiger partial charge < -0.3 is 25.5 Å². The van der Waals surface area contributed by atoms with Crippen molar-refractivity contribution < 1.29 is 15.3 Å². The fraction of sp³-hybridized carbons (Fsp3) is 0.684. The van der Waals surface area contributed by atoms with Crippen LogP contribution in [0.2, 0.25) is 0 Å². The van der Waals surface area contributed by atoms with Crippen LogP contribution in [0.1, 0.15) is 37.3 Å². The number of fused-ring (bicyclic) bond motifs is 1. The maximum atomic E-state index is 11.9. The third-order valence-electron chi connectivity index (χ3n) is 6.85. The van der Waals surface area contributed by atoms with E-state index in [0.717, 1.165) is 31.5 Å². The fourth-order valence-corrected chi connectivity index (χ4v) is 5.67. The molecule has 1 aromatic carbocycles. The third kappa shape index (κ3) is 2.02. The first-order chi connectivity index (χ1) is 11.4. The highest BCUT2D eigenvalue weighted by Crippen LogP contribution is 2.58. The average Bonchev–Trinajstić information content (AvgIpc) is 2.53. The molecule has 0 aromatic heterocycles. The zero-order chi connectivity index (χ0) is 17.1. The molecule has 1 saturated carbocycles. The predicted molar refractivity (Wildman–Crippen MR) is 92.2 cm³/mol. The third-order valence-corrected chi connectivity index (χ3v) is 6.85. The Balaban J connectivity index is 1.87. The summed E-state index contributed by atoms with van der Waals surface area (Å²) in [5.41, 5.74) is 0.890. The first-order valence-electron chi connectivity index (χ1n) is 9.08. The van der Waals surface area contributed by atoms with Gasteiger partial charge in [0.2, 0.25) is 0 Å². The number of nitrogens with one attached hydrogen (secondary N) is 1. The summed E-state index contributed by atoms with van der Waals surface area (Å²) in [5.74, 6) is 0.242. The molecule has 0 amide bonds. The highest BCUT2D eigenvalue weighted by Gasteiger charge is 2.65. The van der Waals surface area contributed by atoms with Crippen LogP contribution in [0.15, 0.2) is 18.2 Å². The summed E-state index contributed by atoms with van der Waals surface area (Å²) in [6.45, 7) is 3.71. The van der Waals surface area contributed by atoms with E-state index in [1.165, 1.54) is 5.56 Å². The van der Waals surface area contributed by atoms with Crippen molar-refractivity contribution in [3.8, 4) is 5.75 Å². The molecular weight excluding hydrogens is 304 g/mol. The standard InChI is InChI=1S/C19H28N2O3/c1-3-20-15-10-19(24)17-8-12-4-5-13(22)9-14(12)18(19,11-16(15)23)6-7-21(17)2/h4-5,9,15-17,20,22-24H,3,6-8,10-11H2,1-2H3/t15-,16-,17+,18?,19+/m0/s1. The van der Waals surface area contributed by atoms with E-state index in [4.69, 9.17) is 0 Å². The molecule has 0 spiro atoms. The molecule has 1 aromatic rings. The Hall–Kier alpha value is -1.14. The summed E-state index contributed by atoms with van der Waals surface area (Å²) in [6, 6.07) is 5.51. The van der Waals surface area contributed by atoms with Gasteiger partial charge in [-0.2, -0.15) is 0 Å². The minimum atomic E-state index is -0.882. The summed E-state index contributed by atoms with van der Waals surface area (Å²) in [4.78, 5) is 2.27. The van der Waals surface area contributed by atoms with Crippen molar-refractivity contribution in [1.29, 1.82) is 0 Å². The van der Waals surface area contributed by atoms with E-state index in [0.29, 0.717) is 12.8 Å². The van der Waals surface area contributed by atoms with Crippen molar-refractivity contribution in [3.05, 3.63) is 29.3 Å². The molecule has 3 aliphatic rings. The lowest BCUT2D eigenvalue weighted by Crippen LogP contribution is -2.75. The van der Waals surface area contributed by atoms with Crippen molar-refractivity contribution >= 4 is 0 Å². The van der Waals surface area contributed by atoms with Crippen molar-refractivity contribution in [3.63, 3.8) is 0 Å². The second-order valence-electron chi connectivity index (χ2n) is 7.94. The molecule has 1 saturated heterocycles. The van der Waals surface area contributed by atoms with Crippen molar-refractivity contribution in [2.75, 3.05) is 20.1 Å². The van der Waals surface area contributed by atoms with Crippen LogP contribution >= 0.6 is 0 Å². The van der Waals surface area contributed by atoms with Gasteiger partial charge in [-0.15, -0.1) is 0 Å². The molecule has 2 fully saturated rings. The van der Waals surface area contributed by atoms with Crippen LogP contribution < -0.4 is 5.32 Å². The highest BCUT2D eigenvalue weighted by molar-refractivity contribution is 5.48. The van der Waals surface area contributed by atoms with Crippen molar-refractivity contribution in [2.24, 2.45) is 0 Å². The van der Waals surface area contributed by atoms with E-state index in [9.17, 15) is 15.3 Å². The molecule has 24 heavy (non-hydrogen) atoms. The Labute approximate surface area is 143 Å². The Morgan fingerprint density at radius 2 is 2.12 bits per heavy atom. The van der Waals surface area contributed by atoms with E-state index >= 15 is 0 Å². The Bertz CT molecular complexity index is 651. The first kappa shape index (κ1) is 16.3. The Morgan fingerprint density at radius 3 is 2.88 bits per heavy atom. The van der Waals surface area contributed by atoms with Gasteiger partial charge >= 0.3 is 0 Å². The SMILES string of the molecule is CCN[C@H]1C[C@@]2(O)[C@H]3Cc4ccc(O)cc4C2(CCN3C)C[C@@H]1O. The van der Waals surface area contributed by atoms with Gasteiger partial charge in [0.05, 0.1) is 11.7 Å². The number of nitrogens with zero attached hydrogens (tertiary/aromatic N) is 1. The average molecular weight is 332 g/mol. The maximum Gasteiger partial charge on any atom is 0.115 e. The number of aromatic hydroxyl groups is 1. The summed E-state index contributed by atoms with van der Waals surface area (Å²) < 4.78 is 0. The zero-order valence-electron chi connectivity index (χ0n) is 14.5. The zero-order valence-corrected chi connectivity index (χ0v) is 14.5. The molecule has 5 heteroatoms. The first-order valence-corrected chi connectivity index (χ1v) is 9.08. The van der Waals surface area contributed by atoms with Crippen LogP contribution in [0.4, 0.5) is 0 Å². The topological polar surface area (TPSA) is 76.0 Å². The van der Waals surface area contributed by atoms with Gasteiger partial charge in [0.15, 0.2) is 0 Å². The molecule has 4 N–H and O–H groups in total. The second-order valence-corrected chi connectivity index (χ2v) is 7.94. The maximum absolute atomic E-state index is 11.9. The monoisotopic (exact) mass is 332 g/mol. The van der Waals surface area contributed by atoms with Crippen LogP contribution in [0.25, 0.3) is 0 Å². The van der Waals surface area contributed by atoms with Crippen molar-refractivity contribution in [2.45, 2.75) is 61.8 Å². The van der Waals surface area contributed by atoms with Crippen LogP contribution in [-0.2, 0) is 11.8 Å². The van der Waals surface area contributed by atoms with Gasteiger partial charge in [0, 0.05) is 17.5 Å². The number of hydrogen-bond donors (Lipinski definition) is 4. The van der Waals surface area contributed by atoms with Crippen LogP contribution in [0, 0.1) is 0 Å². The minimum Gasteiger partial charge on any atom is -0.508 e. The van der Waals surface area contributed by atoms with E-state index < -0.39 is 17.1 Å². The number of aliphatic hydroxyl groups excluding tert-OH is 1. The summed E-state index contributed by atoms with van der Waals surface area (Å²) in [7, 11) is 2.09. The minimum absolute atomic E-state index is 0.0527. The molecule has 4 rings (SSSR count). The number of benzene rings is 1. The van der Waals surface area contributed by atoms with Crippen LogP contribution in [0.5, 0.6) is 5.75 Å². The van der Waals surface area contributed by atoms with E-state index in [-0.39, 0.29) is 17.8 Å². The van der Waals surface area contributed by atoms with E-state index in [1.54, 1.807) is 6.07 Å². The summed E-state index contributed by atoms with van der Waals surface area (Å²) >= 11 is 0. The van der Waals surface area contributed by atoms with E-state index in [1.807, 2.05) is 19.1 Å². The number of phenolic OH excluding ortho intramolecular Hbond substituents is 1. The van der Waals surface area contributed by atoms with Gasteiger partial charge in [0.25, 0.3) is 0 Å². The number of rotatable bonds is 2. The molecular formula is C19H28N2O3. The fourth-order valence-electron chi connectivity index (χ4n) is 5.67. The van der Waals surface area contributed by atoms with Crippen LogP contribution in [0.3, 0.4) is 0 Å². The van der Waals surface area contributed by atoms with E-state index in [2.05, 4.69) is 17.3 Å². The molecule has 1 unspecified atom stereocenters. The van der Waals surface area contributed by atoms with Gasteiger partial charge in [-0.05, 0) is 69.1 Å². The summed E-state index contributed by atoms with van der Waals surface area (Å²) in [6.07, 6.45) is 2.21. The number of likely N-dealkylation sites (tertiary alicyclic amines) is 1. The van der Waals surface area contributed by atoms with Gasteiger partial charge in [0.1, 0.15) is 5.75 Å². The number of piperidine rings is 1. The number of aliphatic hydroxyl groups is 2. The largest absolute Gasteiger partial charge is 0.508 e. The number of phenols is 1. The van der Waals surface area contributed by atoms with Gasteiger partial charge in [-0.1, -0.05) is 13.0 Å². The normalized spacial score (nSPS) is 41.6. The Morgan fingerprint density at radius 1 is 1.33 bits per heavy atom. The molecule has 2 bridgehead atoms. The molecule has 1 heterocycles. The quantitative estimate of drug-likeness (QED) is 0.643. The lowest BCUT2D eigenvalue weighted by Gasteiger charge is -2.65. The molecule has 5 nitrogen and oxygen atoms in total. The predicted octanol–water partition coefficient (Wildman–Crippen LogP) is 0.754. The van der Waals surface area contributed by atoms with Crippen molar-refractivity contribution in [1.82, 2.24) is 10.2 Å². The van der Waals surface area contributed by atoms with Gasteiger partial charge in [-0.3, -0.25) is 0 Å². The number of hydrogen-bond acceptors (Lipinski definition) is 5. The molecule has 1 aliphatic heterocycles. The highest BCUT2D eigenvalue weighted by atomic mass is 16.3. The molecule has 2 aliphatic carbocycles. The van der Waals surface area contributed by atoms with Gasteiger partial charge in [-0.25, -0.2) is 0 Å². The number of likely N-dealkylation sites (N-methyl/N-ethyl adjacent to an activating group) is 2. The molecule has 0 radical (unpaired) electrons. The second kappa shape index (κ2) is 5.43. The lowest BCUT2D eigenvalue weighted by atomic mass is 9.48.